The summed E-state index contributed by atoms with van der Waals surface area (Å²) in [7, 11) is 10.1. The number of amides is 2. The number of nitrogens with zero attached hydrogens (tertiary/aromatic N) is 1. The molecule has 10 unspecified atom stereocenters. The van der Waals surface area contributed by atoms with Crippen LogP contribution in [0.4, 0.5) is 0 Å². The van der Waals surface area contributed by atoms with Crippen molar-refractivity contribution in [2.75, 3.05) is 143 Å². The Labute approximate surface area is 566 Å². The molecule has 0 saturated heterocycles. The van der Waals surface area contributed by atoms with Crippen LogP contribution in [0.5, 0.6) is 0 Å². The summed E-state index contributed by atoms with van der Waals surface area (Å²) in [5.41, 5.74) is -17.3. The van der Waals surface area contributed by atoms with Crippen LogP contribution >= 0.6 is 0 Å². The van der Waals surface area contributed by atoms with Crippen molar-refractivity contribution >= 4 is 71.5 Å². The predicted octanol–water partition coefficient (Wildman–Crippen LogP) is 6.49. The molecule has 28 heteroatoms. The first-order valence-corrected chi connectivity index (χ1v) is 32.0. The molecule has 96 heavy (non-hydrogen) atoms. The topological polar surface area (TPSA) is 347 Å². The van der Waals surface area contributed by atoms with Gasteiger partial charge in [-0.25, -0.2) is 0 Å². The van der Waals surface area contributed by atoms with Crippen molar-refractivity contribution in [2.24, 2.45) is 54.1 Å². The van der Waals surface area contributed by atoms with Crippen molar-refractivity contribution in [2.45, 2.75) is 154 Å². The third-order valence-corrected chi connectivity index (χ3v) is 18.5. The van der Waals surface area contributed by atoms with Gasteiger partial charge in [0.25, 0.3) is 11.8 Å². The minimum Gasteiger partial charge on any atom is -0.469 e. The maximum absolute atomic E-state index is 14.6. The molecule has 550 valence electrons. The highest BCUT2D eigenvalue weighted by Gasteiger charge is 2.61. The maximum Gasteiger partial charge on any atom is 0.311 e. The van der Waals surface area contributed by atoms with Crippen LogP contribution in [0, 0.1) is 54.1 Å². The minimum atomic E-state index is -1.94. The summed E-state index contributed by atoms with van der Waals surface area (Å²) in [5.74, 6) is -9.19. The molecule has 0 bridgehead atoms. The highest BCUT2D eigenvalue weighted by Crippen LogP contribution is 2.57. The Bertz CT molecular complexity index is 2680. The quantitative estimate of drug-likeness (QED) is 0.0272. The van der Waals surface area contributed by atoms with Gasteiger partial charge in [-0.1, -0.05) is 13.8 Å². The Kier molecular flexibility index (Phi) is 35.1. The van der Waals surface area contributed by atoms with Crippen LogP contribution in [0.1, 0.15) is 154 Å². The standard InChI is InChI=1S/C68H111NO27/c1-22-59(3,49(72)82-13)38-61(5,50(73)83-14)40-63(7,52(75)85-16)42-65(9,54(77)87-18)44-67(11,56(79)89-20)46-68(12,57(80)90-21)45-66(10,55(78)88-19)43-64(8,53(76)86-17)41-62(6,51(74)84-15)39-60(4,23-2)58(81)96-37-36-95-35-34-94-33-32-93-31-30-92-29-28-91-27-26-69-47(70)24-25-48(69)71/h24-25H,22-23,26-46H2,1-21H3. The number of esters is 10. The molecule has 0 saturated carbocycles. The molecule has 0 radical (unpaired) electrons. The first-order valence-electron chi connectivity index (χ1n) is 32.0. The molecular formula is C68H111NO27. The smallest absolute Gasteiger partial charge is 0.311 e. The van der Waals surface area contributed by atoms with E-state index < -0.39 is 152 Å². The molecule has 1 heterocycles. The third-order valence-electron chi connectivity index (χ3n) is 18.5. The number of methoxy groups -OCH3 is 9. The van der Waals surface area contributed by atoms with E-state index in [4.69, 9.17) is 71.1 Å². The van der Waals surface area contributed by atoms with E-state index in [1.807, 2.05) is 0 Å². The molecule has 28 nitrogen and oxygen atoms in total. The van der Waals surface area contributed by atoms with Crippen LogP contribution in [0.3, 0.4) is 0 Å². The van der Waals surface area contributed by atoms with Crippen LogP contribution in [-0.2, 0) is 129 Å². The van der Waals surface area contributed by atoms with Crippen molar-refractivity contribution in [3.8, 4) is 0 Å². The molecule has 1 aliphatic heterocycles. The van der Waals surface area contributed by atoms with Crippen molar-refractivity contribution < 1.29 is 129 Å². The van der Waals surface area contributed by atoms with Gasteiger partial charge < -0.3 is 71.1 Å². The summed E-state index contributed by atoms with van der Waals surface area (Å²) in [4.78, 5) is 167. The summed E-state index contributed by atoms with van der Waals surface area (Å²) in [6, 6.07) is 0. The number of hydrogen-bond acceptors (Lipinski definition) is 27. The average Bonchev–Trinajstić information content (AvgIpc) is 0.944. The summed E-state index contributed by atoms with van der Waals surface area (Å²) in [5, 5.41) is 0. The van der Waals surface area contributed by atoms with Crippen molar-refractivity contribution in [1.82, 2.24) is 4.90 Å². The lowest BCUT2D eigenvalue weighted by molar-refractivity contribution is -0.173. The van der Waals surface area contributed by atoms with Gasteiger partial charge in [0.05, 0.1) is 191 Å². The first-order chi connectivity index (χ1) is 44.6. The number of rotatable bonds is 48. The molecule has 0 aliphatic carbocycles. The lowest BCUT2D eigenvalue weighted by Gasteiger charge is -2.47. The third kappa shape index (κ3) is 23.8. The highest BCUT2D eigenvalue weighted by atomic mass is 16.6. The molecule has 0 spiro atoms. The fourth-order valence-electron chi connectivity index (χ4n) is 14.5. The van der Waals surface area contributed by atoms with Crippen molar-refractivity contribution in [1.29, 1.82) is 0 Å². The van der Waals surface area contributed by atoms with E-state index in [9.17, 15) is 57.5 Å². The van der Waals surface area contributed by atoms with Crippen molar-refractivity contribution in [3.05, 3.63) is 12.2 Å². The van der Waals surface area contributed by atoms with Gasteiger partial charge in [0.2, 0.25) is 0 Å². The summed E-state index contributed by atoms with van der Waals surface area (Å²) in [6.07, 6.45) is -0.998. The van der Waals surface area contributed by atoms with Gasteiger partial charge >= 0.3 is 59.7 Å². The normalized spacial score (nSPS) is 18.6. The molecular weight excluding hydrogens is 1260 g/mol. The van der Waals surface area contributed by atoms with Gasteiger partial charge in [-0.3, -0.25) is 62.4 Å². The second-order valence-electron chi connectivity index (χ2n) is 27.7. The van der Waals surface area contributed by atoms with Crippen molar-refractivity contribution in [3.63, 3.8) is 0 Å². The van der Waals surface area contributed by atoms with Gasteiger partial charge in [0, 0.05) is 12.2 Å². The second-order valence-corrected chi connectivity index (χ2v) is 27.7. The largest absolute Gasteiger partial charge is 0.469 e. The van der Waals surface area contributed by atoms with Crippen LogP contribution in [0.15, 0.2) is 12.2 Å². The maximum atomic E-state index is 14.6. The Morgan fingerprint density at radius 2 is 0.438 bits per heavy atom. The van der Waals surface area contributed by atoms with E-state index >= 15 is 0 Å². The van der Waals surface area contributed by atoms with E-state index in [2.05, 4.69) is 0 Å². The van der Waals surface area contributed by atoms with E-state index in [0.29, 0.717) is 19.8 Å². The molecule has 0 N–H and O–H groups in total. The molecule has 10 atom stereocenters. The number of carbonyl (C=O) groups excluding carboxylic acids is 12. The SMILES string of the molecule is CCC(C)(CC(C)(CC(C)(CC(C)(CC(C)(CC(C)(CC(C)(CC(C)(CC(C)(CC(C)(CC)C(=O)OCCOCCOCCOCCOCCOCCN1C(=O)C=CC1=O)C(=O)OC)C(=O)OC)C(=O)OC)C(=O)OC)C(=O)OC)C(=O)OC)C(=O)OC)C(=O)OC)C(=O)OC. The van der Waals surface area contributed by atoms with Gasteiger partial charge in [0.1, 0.15) is 6.61 Å². The first kappa shape index (κ1) is 87.4. The minimum absolute atomic E-state index is 0.000660. The lowest BCUT2D eigenvalue weighted by Crippen LogP contribution is -2.51. The van der Waals surface area contributed by atoms with E-state index in [1.165, 1.54) is 74.7 Å². The Hall–Kier alpha value is -6.62. The summed E-state index contributed by atoms with van der Waals surface area (Å²) >= 11 is 0. The average molecular weight is 1370 g/mol. The molecule has 0 fully saturated rings. The number of imide groups is 1. The number of carbonyl (C=O) groups is 12. The van der Waals surface area contributed by atoms with Crippen LogP contribution in [0.2, 0.25) is 0 Å². The van der Waals surface area contributed by atoms with Gasteiger partial charge in [-0.15, -0.1) is 0 Å². The fraction of sp³-hybridized carbons (Fsp3) is 0.794. The summed E-state index contributed by atoms with van der Waals surface area (Å²) in [6.45, 7) is 20.6. The zero-order valence-corrected chi connectivity index (χ0v) is 60.9. The Morgan fingerprint density at radius 1 is 0.271 bits per heavy atom. The highest BCUT2D eigenvalue weighted by molar-refractivity contribution is 6.12. The fourth-order valence-corrected chi connectivity index (χ4v) is 14.5. The van der Waals surface area contributed by atoms with Crippen LogP contribution < -0.4 is 0 Å². The summed E-state index contributed by atoms with van der Waals surface area (Å²) < 4.78 is 81.5. The lowest BCUT2D eigenvalue weighted by atomic mass is 9.56. The number of hydrogen-bond donors (Lipinski definition) is 0. The molecule has 1 aliphatic rings. The van der Waals surface area contributed by atoms with E-state index in [0.717, 1.165) is 61.8 Å². The van der Waals surface area contributed by atoms with Crippen LogP contribution in [0.25, 0.3) is 0 Å². The van der Waals surface area contributed by atoms with Gasteiger partial charge in [-0.05, 0) is 140 Å². The molecule has 2 amide bonds. The zero-order valence-electron chi connectivity index (χ0n) is 60.9. The second kappa shape index (κ2) is 38.5. The number of ether oxygens (including phenoxy) is 15. The Balaban J connectivity index is 3.56. The predicted molar refractivity (Wildman–Crippen MR) is 342 cm³/mol. The molecule has 0 aromatic rings. The van der Waals surface area contributed by atoms with Gasteiger partial charge in [0.15, 0.2) is 0 Å². The van der Waals surface area contributed by atoms with Crippen LogP contribution in [-0.4, -0.2) is 220 Å². The monoisotopic (exact) mass is 1370 g/mol. The molecule has 0 aromatic carbocycles. The zero-order chi connectivity index (χ0) is 73.8. The van der Waals surface area contributed by atoms with Gasteiger partial charge in [-0.2, -0.15) is 0 Å². The van der Waals surface area contributed by atoms with E-state index in [1.54, 1.807) is 27.7 Å². The van der Waals surface area contributed by atoms with E-state index in [-0.39, 0.29) is 103 Å². The molecule has 0 aromatic heterocycles. The molecule has 1 rings (SSSR count). The Morgan fingerprint density at radius 3 is 0.635 bits per heavy atom.